The van der Waals surface area contributed by atoms with Crippen molar-refractivity contribution in [2.75, 3.05) is 92.4 Å². The molecule has 35 nitrogen and oxygen atoms in total. The summed E-state index contributed by atoms with van der Waals surface area (Å²) in [5.74, 6) is -1.93. The smallest absolute Gasteiger partial charge is 0.434 e. The molecule has 0 bridgehead atoms. The van der Waals surface area contributed by atoms with E-state index in [9.17, 15) is 100 Å². The Morgan fingerprint density at radius 2 is 0.815 bits per heavy atom. The van der Waals surface area contributed by atoms with E-state index in [1.807, 2.05) is 27.7 Å². The van der Waals surface area contributed by atoms with Gasteiger partial charge in [-0.05, 0) is 11.8 Å². The van der Waals surface area contributed by atoms with Gasteiger partial charge < -0.3 is 124 Å². The molecule has 6 rings (SSSR count). The number of amides is 4. The highest BCUT2D eigenvalue weighted by Gasteiger charge is 2.54. The van der Waals surface area contributed by atoms with Crippen molar-refractivity contribution in [3.8, 4) is 0 Å². The van der Waals surface area contributed by atoms with Gasteiger partial charge in [0.1, 0.15) is 97.7 Å². The van der Waals surface area contributed by atoms with Crippen molar-refractivity contribution in [2.24, 2.45) is 11.8 Å². The Morgan fingerprint density at radius 3 is 1.23 bits per heavy atom. The number of imide groups is 2. The molecular formula is C46H76N4O31. The highest BCUT2D eigenvalue weighted by atomic mass is 16.8. The van der Waals surface area contributed by atoms with E-state index in [4.69, 9.17) is 52.1 Å². The normalized spacial score (nSPS) is 37.3. The van der Waals surface area contributed by atoms with E-state index in [1.54, 1.807) is 9.80 Å². The van der Waals surface area contributed by atoms with Gasteiger partial charge in [-0.15, -0.1) is 0 Å². The molecule has 6 aliphatic rings. The van der Waals surface area contributed by atoms with Crippen LogP contribution in [0.25, 0.3) is 0 Å². The summed E-state index contributed by atoms with van der Waals surface area (Å²) in [5, 5.41) is 143. The molecule has 20 atom stereocenters. The second kappa shape index (κ2) is 31.2. The van der Waals surface area contributed by atoms with Crippen molar-refractivity contribution in [1.29, 1.82) is 0 Å². The molecule has 6 fully saturated rings. The molecule has 6 aliphatic heterocycles. The fraction of sp³-hybridized carbons (Fsp3) is 0.870. The minimum atomic E-state index is -2.07. The third-order valence-corrected chi connectivity index (χ3v) is 13.3. The summed E-state index contributed by atoms with van der Waals surface area (Å²) < 4.78 is 57.0. The minimum absolute atomic E-state index is 0.0929. The Morgan fingerprint density at radius 1 is 0.457 bits per heavy atom. The highest BCUT2D eigenvalue weighted by molar-refractivity contribution is 6.00. The summed E-state index contributed by atoms with van der Waals surface area (Å²) in [6, 6.07) is 0. The number of nitrogens with zero attached hydrogens (tertiary/aromatic N) is 4. The van der Waals surface area contributed by atoms with Gasteiger partial charge in [-0.2, -0.15) is 0 Å². The lowest BCUT2D eigenvalue weighted by Crippen LogP contribution is -2.67. The minimum Gasteiger partial charge on any atom is -0.434 e. The maximum Gasteiger partial charge on any atom is 0.510 e. The highest BCUT2D eigenvalue weighted by Crippen LogP contribution is 2.33. The van der Waals surface area contributed by atoms with Gasteiger partial charge >= 0.3 is 12.3 Å². The molecule has 0 aromatic rings. The summed E-state index contributed by atoms with van der Waals surface area (Å²) in [7, 11) is 0. The van der Waals surface area contributed by atoms with Gasteiger partial charge in [0.15, 0.2) is 38.6 Å². The zero-order valence-electron chi connectivity index (χ0n) is 44.6. The first-order valence-corrected chi connectivity index (χ1v) is 25.8. The van der Waals surface area contributed by atoms with Crippen LogP contribution >= 0.6 is 0 Å². The maximum absolute atomic E-state index is 12.4. The second-order valence-corrected chi connectivity index (χ2v) is 20.5. The van der Waals surface area contributed by atoms with Crippen LogP contribution in [0.1, 0.15) is 27.7 Å². The largest absolute Gasteiger partial charge is 0.510 e. The number of ether oxygens (including phenoxy) is 11. The van der Waals surface area contributed by atoms with Gasteiger partial charge in [-0.3, -0.25) is 29.0 Å². The van der Waals surface area contributed by atoms with Gasteiger partial charge in [0.2, 0.25) is 23.6 Å². The second-order valence-electron chi connectivity index (χ2n) is 20.5. The van der Waals surface area contributed by atoms with Crippen LogP contribution in [0.15, 0.2) is 0 Å². The first kappa shape index (κ1) is 67.7. The molecule has 6 heterocycles. The van der Waals surface area contributed by atoms with Crippen LogP contribution in [0.5, 0.6) is 0 Å². The quantitative estimate of drug-likeness (QED) is 0.0375. The summed E-state index contributed by atoms with van der Waals surface area (Å²) in [6.45, 7) is 3.62. The molecule has 0 aliphatic carbocycles. The molecule has 6 saturated heterocycles. The molecule has 0 unspecified atom stereocenters. The molecule has 0 aromatic heterocycles. The molecule has 0 radical (unpaired) electrons. The number of carbonyl (C=O) groups excluding carboxylic acids is 6. The predicted molar refractivity (Wildman–Crippen MR) is 255 cm³/mol. The van der Waals surface area contributed by atoms with Crippen LogP contribution in [0.2, 0.25) is 0 Å². The molecule has 35 heteroatoms. The Bertz CT molecular complexity index is 1940. The number of piperazine rings is 2. The van der Waals surface area contributed by atoms with E-state index in [-0.39, 0.29) is 64.3 Å². The summed E-state index contributed by atoms with van der Waals surface area (Å²) in [4.78, 5) is 77.3. The Hall–Kier alpha value is -4.10. The number of aliphatic hydroxyl groups is 14. The van der Waals surface area contributed by atoms with Gasteiger partial charge in [0, 0.05) is 13.1 Å². The first-order valence-electron chi connectivity index (χ1n) is 25.8. The van der Waals surface area contributed by atoms with Gasteiger partial charge in [-0.1, -0.05) is 27.7 Å². The van der Waals surface area contributed by atoms with Crippen LogP contribution in [-0.2, 0) is 71.3 Å². The molecule has 14 N–H and O–H groups in total. The molecular weight excluding hydrogens is 1100 g/mol. The zero-order chi connectivity index (χ0) is 60.2. The average molecular weight is 1180 g/mol. The van der Waals surface area contributed by atoms with Crippen molar-refractivity contribution < 1.29 is 152 Å². The summed E-state index contributed by atoms with van der Waals surface area (Å²) >= 11 is 0. The number of rotatable bonds is 21. The van der Waals surface area contributed by atoms with Crippen LogP contribution < -0.4 is 0 Å². The van der Waals surface area contributed by atoms with Crippen molar-refractivity contribution >= 4 is 35.9 Å². The number of aliphatic hydroxyl groups excluding tert-OH is 14. The number of carbonyl (C=O) groups is 6. The van der Waals surface area contributed by atoms with Crippen LogP contribution in [0, 0.1) is 11.8 Å². The van der Waals surface area contributed by atoms with Crippen LogP contribution in [0.4, 0.5) is 9.59 Å². The van der Waals surface area contributed by atoms with E-state index >= 15 is 0 Å². The molecule has 81 heavy (non-hydrogen) atoms. The number of hydrogen-bond acceptors (Lipinski definition) is 33. The Labute approximate surface area is 462 Å². The molecule has 0 saturated carbocycles. The fourth-order valence-electron chi connectivity index (χ4n) is 8.60. The lowest BCUT2D eigenvalue weighted by Gasteiger charge is -2.48. The summed E-state index contributed by atoms with van der Waals surface area (Å²) in [5.41, 5.74) is 0. The van der Waals surface area contributed by atoms with Crippen molar-refractivity contribution in [3.05, 3.63) is 0 Å². The zero-order valence-corrected chi connectivity index (χ0v) is 44.6. The van der Waals surface area contributed by atoms with E-state index in [2.05, 4.69) is 0 Å². The lowest BCUT2D eigenvalue weighted by molar-refractivity contribution is -0.383. The summed E-state index contributed by atoms with van der Waals surface area (Å²) in [6.07, 6.45) is -37.8. The maximum atomic E-state index is 12.4. The molecule has 4 amide bonds. The monoisotopic (exact) mass is 1180 g/mol. The van der Waals surface area contributed by atoms with E-state index in [0.717, 1.165) is 9.80 Å². The standard InChI is InChI=1S/C24H42O21.C22H34N4O10/c25-1-5-9(28)13(32)15(34)22(41-5)39-4-8-12(31)20(45-23-16(35)14(33)10(29)6(2-26)42-23)18(37)24(43-8)44-19-11(30)7(3-27)40-21(38)17(19)36;1-15(2)11-33-21(31)35-13-25-17(27)7-23(8-18(25)28)5-6-24-9-19(29)26(20(30)10-24)14-36-22(32)34-12-16(3)4/h5-38H,1-4H2;15-16H,5-14H2,1-4H3/t5-,6-,7-,8-,9-,10-,11-,12-,13+,14+,15-,16-,17-,18-,19+,20+,21-,22-,23+,24+;/m1./s1. The van der Waals surface area contributed by atoms with Crippen LogP contribution in [0.3, 0.4) is 0 Å². The van der Waals surface area contributed by atoms with Crippen molar-refractivity contribution in [3.63, 3.8) is 0 Å². The average Bonchev–Trinajstić information content (AvgIpc) is 3.42. The molecule has 466 valence electrons. The first-order chi connectivity index (χ1) is 38.2. The molecule has 0 spiro atoms. The van der Waals surface area contributed by atoms with Crippen LogP contribution in [-0.4, -0.2) is 342 Å². The van der Waals surface area contributed by atoms with E-state index < -0.39 is 199 Å². The fourth-order valence-corrected chi connectivity index (χ4v) is 8.60. The third kappa shape index (κ3) is 18.0. The number of hydrogen-bond donors (Lipinski definition) is 14. The Balaban J connectivity index is 0.000000305. The SMILES string of the molecule is CC(C)COC(=O)OCN1C(=O)CN(CCN2CC(=O)N(COC(=O)OCC(C)C)C(=O)C2)CC1=O.OC[C@H]1O[C@@H](OC[C@H]2O[C@@H](O[C@@H]3[C@@H](O)[C@H](O)O[C@H](CO)[C@H]3O)[C@H](O)[C@@H](O[C@@H]3O[C@H](CO)[C@@H](O)[C@H](O)[C@H]3O)[C@@H]2O)[C@H](O)[C@@H](O)[C@@H]1O. The van der Waals surface area contributed by atoms with Crippen molar-refractivity contribution in [2.45, 2.75) is 151 Å². The van der Waals surface area contributed by atoms with E-state index in [1.165, 1.54) is 0 Å². The van der Waals surface area contributed by atoms with E-state index in [0.29, 0.717) is 0 Å². The van der Waals surface area contributed by atoms with Gasteiger partial charge in [0.05, 0.1) is 65.8 Å². The lowest BCUT2D eigenvalue weighted by atomic mass is 9.96. The third-order valence-electron chi connectivity index (χ3n) is 13.3. The van der Waals surface area contributed by atoms with Crippen molar-refractivity contribution in [1.82, 2.24) is 19.6 Å². The Kier molecular flexibility index (Phi) is 26.0. The molecule has 0 aromatic carbocycles. The topological polar surface area (TPSA) is 500 Å². The van der Waals surface area contributed by atoms with Gasteiger partial charge in [-0.25, -0.2) is 19.4 Å². The predicted octanol–water partition coefficient (Wildman–Crippen LogP) is -9.89. The van der Waals surface area contributed by atoms with Gasteiger partial charge in [0.25, 0.3) is 0 Å².